The molecule has 0 saturated heterocycles. The summed E-state index contributed by atoms with van der Waals surface area (Å²) >= 11 is 1.23. The van der Waals surface area contributed by atoms with Crippen LogP contribution in [0, 0.1) is 5.92 Å². The molecule has 54 heavy (non-hydrogen) atoms. The van der Waals surface area contributed by atoms with E-state index in [0.29, 0.717) is 18.8 Å². The summed E-state index contributed by atoms with van der Waals surface area (Å²) in [6.07, 6.45) is 8.31. The number of amides is 1. The number of hydrogen-bond donors (Lipinski definition) is 1. The number of fused-ring (bicyclic) bond motifs is 2. The highest BCUT2D eigenvalue weighted by molar-refractivity contribution is 8.00. The summed E-state index contributed by atoms with van der Waals surface area (Å²) < 4.78 is 17.6. The average Bonchev–Trinajstić information content (AvgIpc) is 3.16. The zero-order valence-corrected chi connectivity index (χ0v) is 32.6. The van der Waals surface area contributed by atoms with Gasteiger partial charge in [-0.2, -0.15) is 0 Å². The molecule has 2 aliphatic rings. The molecule has 1 fully saturated rings. The van der Waals surface area contributed by atoms with E-state index in [4.69, 9.17) is 14.2 Å². The molecule has 4 aromatic carbocycles. The second-order valence-corrected chi connectivity index (χ2v) is 16.6. The van der Waals surface area contributed by atoms with Crippen LogP contribution in [0.2, 0.25) is 0 Å². The number of carbonyl (C=O) groups excluding carboxylic acids is 3. The highest BCUT2D eigenvalue weighted by Crippen LogP contribution is 2.45. The minimum atomic E-state index is -0.348. The summed E-state index contributed by atoms with van der Waals surface area (Å²) in [6, 6.07) is 31.8. The maximum Gasteiger partial charge on any atom is 0.316 e. The predicted octanol–water partition coefficient (Wildman–Crippen LogP) is 10.5. The Bertz CT molecular complexity index is 1830. The van der Waals surface area contributed by atoms with Crippen molar-refractivity contribution in [3.8, 4) is 11.5 Å². The quantitative estimate of drug-likeness (QED) is 0.121. The molecule has 1 atom stereocenters. The number of esters is 2. The molecule has 1 aliphatic heterocycles. The van der Waals surface area contributed by atoms with Crippen molar-refractivity contribution in [1.82, 2.24) is 0 Å². The molecule has 284 valence electrons. The van der Waals surface area contributed by atoms with Crippen LogP contribution in [0.5, 0.6) is 11.5 Å². The Morgan fingerprint density at radius 1 is 0.796 bits per heavy atom. The first-order chi connectivity index (χ1) is 26.1. The third kappa shape index (κ3) is 11.0. The van der Waals surface area contributed by atoms with Gasteiger partial charge in [-0.3, -0.25) is 14.4 Å². The Hall–Kier alpha value is -4.56. The number of carbonyl (C=O) groups is 3. The van der Waals surface area contributed by atoms with Crippen LogP contribution in [-0.2, 0) is 42.3 Å². The van der Waals surface area contributed by atoms with Gasteiger partial charge in [0.1, 0.15) is 24.2 Å². The van der Waals surface area contributed by atoms with Crippen molar-refractivity contribution in [2.24, 2.45) is 5.92 Å². The predicted molar refractivity (Wildman–Crippen MR) is 216 cm³/mol. The maximum atomic E-state index is 13.9. The van der Waals surface area contributed by atoms with Gasteiger partial charge in [0, 0.05) is 29.2 Å². The monoisotopic (exact) mass is 747 g/mol. The molecule has 0 aromatic heterocycles. The van der Waals surface area contributed by atoms with Crippen LogP contribution in [-0.4, -0.2) is 35.5 Å². The highest BCUT2D eigenvalue weighted by Gasteiger charge is 2.30. The Labute approximate surface area is 324 Å². The van der Waals surface area contributed by atoms with E-state index >= 15 is 0 Å². The number of hydrogen-bond acceptors (Lipinski definition) is 7. The average molecular weight is 748 g/mol. The molecule has 1 aliphatic carbocycles. The van der Waals surface area contributed by atoms with Gasteiger partial charge in [0.25, 0.3) is 0 Å². The standard InChI is InChI=1S/C46H53NO6S/c1-46(2,3)39-25-23-33(27-40(39)47-43(48)28-38-36-18-10-12-20-41(36)53-42-21-13-11-19-37(38)42)22-24-35(26-32-14-6-4-7-15-32)52-45(50)31-54-30-44(49)51-29-34-16-8-5-9-17-34/h5,8-13,16-21,23,25,27,32,35,38H,4,6-7,14-15,22,24,26,28-31H2,1-3H3,(H,47,48). The van der Waals surface area contributed by atoms with Crippen LogP contribution in [0.3, 0.4) is 0 Å². The van der Waals surface area contributed by atoms with Gasteiger partial charge >= 0.3 is 11.9 Å². The summed E-state index contributed by atoms with van der Waals surface area (Å²) in [5, 5.41) is 3.30. The van der Waals surface area contributed by atoms with Crippen molar-refractivity contribution in [2.75, 3.05) is 16.8 Å². The Morgan fingerprint density at radius 3 is 2.13 bits per heavy atom. The van der Waals surface area contributed by atoms with Gasteiger partial charge in [0.15, 0.2) is 0 Å². The molecule has 6 rings (SSSR count). The topological polar surface area (TPSA) is 90.9 Å². The Morgan fingerprint density at radius 2 is 1.44 bits per heavy atom. The Kier molecular flexibility index (Phi) is 13.5. The molecule has 0 radical (unpaired) electrons. The summed E-state index contributed by atoms with van der Waals surface area (Å²) in [4.78, 5) is 39.2. The lowest BCUT2D eigenvalue weighted by molar-refractivity contribution is -0.147. The fourth-order valence-corrected chi connectivity index (χ4v) is 8.27. The largest absolute Gasteiger partial charge is 0.462 e. The van der Waals surface area contributed by atoms with Crippen LogP contribution in [0.25, 0.3) is 0 Å². The SMILES string of the molecule is CC(C)(C)c1ccc(CCC(CC2CCCCC2)OC(=O)CSCC(=O)OCc2ccccc2)cc1NC(=O)CC1c2ccccc2Oc2ccccc21. The number of nitrogens with one attached hydrogen (secondary N) is 1. The lowest BCUT2D eigenvalue weighted by Gasteiger charge is -2.29. The summed E-state index contributed by atoms with van der Waals surface area (Å²) in [6.45, 7) is 6.69. The van der Waals surface area contributed by atoms with Crippen molar-refractivity contribution in [3.05, 3.63) is 125 Å². The van der Waals surface area contributed by atoms with E-state index in [0.717, 1.165) is 64.3 Å². The van der Waals surface area contributed by atoms with Crippen molar-refractivity contribution in [2.45, 2.75) is 103 Å². The molecular weight excluding hydrogens is 695 g/mol. The molecule has 8 heteroatoms. The van der Waals surface area contributed by atoms with Crippen LogP contribution >= 0.6 is 11.8 Å². The third-order valence-corrected chi connectivity index (χ3v) is 11.3. The van der Waals surface area contributed by atoms with Crippen LogP contribution < -0.4 is 10.1 Å². The number of para-hydroxylation sites is 2. The number of anilines is 1. The minimum absolute atomic E-state index is 0.0558. The van der Waals surface area contributed by atoms with Gasteiger partial charge in [-0.25, -0.2) is 0 Å². The number of rotatable bonds is 15. The smallest absolute Gasteiger partial charge is 0.316 e. The molecule has 7 nitrogen and oxygen atoms in total. The first kappa shape index (κ1) is 39.1. The molecule has 1 saturated carbocycles. The molecular formula is C46H53NO6S. The first-order valence-corrected chi connectivity index (χ1v) is 20.5. The van der Waals surface area contributed by atoms with E-state index in [9.17, 15) is 14.4 Å². The van der Waals surface area contributed by atoms with Crippen molar-refractivity contribution in [1.29, 1.82) is 0 Å². The fraction of sp³-hybridized carbons (Fsp3) is 0.413. The van der Waals surface area contributed by atoms with Crippen LogP contribution in [0.15, 0.2) is 97.1 Å². The second kappa shape index (κ2) is 18.7. The Balaban J connectivity index is 1.09. The third-order valence-electron chi connectivity index (χ3n) is 10.4. The summed E-state index contributed by atoms with van der Waals surface area (Å²) in [5.74, 6) is 1.47. The van der Waals surface area contributed by atoms with Gasteiger partial charge in [0.05, 0.1) is 11.5 Å². The molecule has 0 bridgehead atoms. The number of benzene rings is 4. The van der Waals surface area contributed by atoms with Gasteiger partial charge in [0.2, 0.25) is 5.91 Å². The summed E-state index contributed by atoms with van der Waals surface area (Å²) in [5.41, 5.74) is 5.72. The van der Waals surface area contributed by atoms with E-state index in [-0.39, 0.29) is 59.8 Å². The van der Waals surface area contributed by atoms with Crippen molar-refractivity contribution >= 4 is 35.3 Å². The number of thioether (sulfide) groups is 1. The minimum Gasteiger partial charge on any atom is -0.462 e. The van der Waals surface area contributed by atoms with Gasteiger partial charge < -0.3 is 19.5 Å². The lowest BCUT2D eigenvalue weighted by Crippen LogP contribution is -2.25. The lowest BCUT2D eigenvalue weighted by atomic mass is 9.83. The van der Waals surface area contributed by atoms with Crippen LogP contribution in [0.1, 0.15) is 106 Å². The highest BCUT2D eigenvalue weighted by atomic mass is 32.2. The van der Waals surface area contributed by atoms with Gasteiger partial charge in [-0.1, -0.05) is 132 Å². The molecule has 4 aromatic rings. The van der Waals surface area contributed by atoms with E-state index in [1.807, 2.05) is 78.9 Å². The molecule has 1 heterocycles. The fourth-order valence-electron chi connectivity index (χ4n) is 7.68. The van der Waals surface area contributed by atoms with Gasteiger partial charge in [-0.15, -0.1) is 11.8 Å². The molecule has 1 unspecified atom stereocenters. The van der Waals surface area contributed by atoms with Gasteiger partial charge in [-0.05, 0) is 65.5 Å². The number of aryl methyl sites for hydroxylation is 1. The van der Waals surface area contributed by atoms with E-state index in [1.54, 1.807) is 0 Å². The zero-order valence-electron chi connectivity index (χ0n) is 31.8. The zero-order chi connectivity index (χ0) is 37.9. The molecule has 1 N–H and O–H groups in total. The van der Waals surface area contributed by atoms with Crippen LogP contribution in [0.4, 0.5) is 5.69 Å². The normalized spacial score (nSPS) is 14.9. The van der Waals surface area contributed by atoms with Crippen molar-refractivity contribution < 1.29 is 28.6 Å². The first-order valence-electron chi connectivity index (χ1n) is 19.4. The molecule has 1 amide bonds. The second-order valence-electron chi connectivity index (χ2n) is 15.6. The van der Waals surface area contributed by atoms with E-state index < -0.39 is 0 Å². The van der Waals surface area contributed by atoms with Crippen molar-refractivity contribution in [3.63, 3.8) is 0 Å². The summed E-state index contributed by atoms with van der Waals surface area (Å²) in [7, 11) is 0. The molecule has 0 spiro atoms. The van der Waals surface area contributed by atoms with E-state index in [1.165, 1.54) is 31.0 Å². The van der Waals surface area contributed by atoms with E-state index in [2.05, 4.69) is 44.3 Å². The maximum absolute atomic E-state index is 13.9. The number of ether oxygens (including phenoxy) is 3.